The van der Waals surface area contributed by atoms with Crippen LogP contribution in [0.5, 0.6) is 0 Å². The molecule has 1 rings (SSSR count). The second kappa shape index (κ2) is 33.4. The molecule has 0 aromatic carbocycles. The third-order valence-corrected chi connectivity index (χ3v) is 9.76. The van der Waals surface area contributed by atoms with Gasteiger partial charge in [-0.3, -0.25) is 9.69 Å². The quantitative estimate of drug-likeness (QED) is 0.0520. The molecule has 0 bridgehead atoms. The summed E-state index contributed by atoms with van der Waals surface area (Å²) >= 11 is 0. The summed E-state index contributed by atoms with van der Waals surface area (Å²) in [6, 6.07) is 0. The average Bonchev–Trinajstić information content (AvgIpc) is 3.36. The third kappa shape index (κ3) is 26.1. The highest BCUT2D eigenvalue weighted by Crippen LogP contribution is 2.27. The normalized spacial score (nSPS) is 19.5. The smallest absolute Gasteiger partial charge is 0.320 e. The van der Waals surface area contributed by atoms with Crippen LogP contribution in [0.3, 0.4) is 0 Å². The van der Waals surface area contributed by atoms with Gasteiger partial charge in [-0.25, -0.2) is 0 Å². The van der Waals surface area contributed by atoms with E-state index in [1.807, 2.05) is 14.1 Å². The number of unbranched alkanes of at least 4 members (excludes halogenated alkanes) is 26. The molecule has 1 N–H and O–H groups in total. The van der Waals surface area contributed by atoms with E-state index in [-0.39, 0.29) is 19.1 Å². The van der Waals surface area contributed by atoms with Crippen molar-refractivity contribution in [2.45, 2.75) is 218 Å². The van der Waals surface area contributed by atoms with E-state index in [0.29, 0.717) is 13.2 Å². The minimum absolute atomic E-state index is 0.0614. The number of aliphatic hydroxyl groups excluding tert-OH is 1. The fraction of sp³-hybridized carbons (Fsp3) is 0.976. The van der Waals surface area contributed by atoms with Crippen LogP contribution >= 0.6 is 0 Å². The Hall–Kier alpha value is -0.730. The van der Waals surface area contributed by atoms with Crippen molar-refractivity contribution < 1.29 is 28.8 Å². The van der Waals surface area contributed by atoms with Crippen molar-refractivity contribution in [2.24, 2.45) is 0 Å². The van der Waals surface area contributed by atoms with E-state index in [1.54, 1.807) is 4.90 Å². The zero-order chi connectivity index (χ0) is 34.9. The summed E-state index contributed by atoms with van der Waals surface area (Å²) in [4.78, 5) is 13.9. The Bertz CT molecular complexity index is 692. The van der Waals surface area contributed by atoms with Gasteiger partial charge in [0.05, 0.1) is 6.54 Å². The molecule has 0 aromatic heterocycles. The van der Waals surface area contributed by atoms with Crippen LogP contribution in [0.2, 0.25) is 0 Å². The summed E-state index contributed by atoms with van der Waals surface area (Å²) in [6.07, 6.45) is 34.3. The number of carbonyl (C=O) groups excluding carboxylic acids is 1. The van der Waals surface area contributed by atoms with Gasteiger partial charge in [0.1, 0.15) is 24.9 Å². The van der Waals surface area contributed by atoms with Crippen molar-refractivity contribution in [2.75, 3.05) is 40.5 Å². The van der Waals surface area contributed by atoms with Gasteiger partial charge in [0.2, 0.25) is 0 Å². The zero-order valence-electron chi connectivity index (χ0n) is 32.4. The van der Waals surface area contributed by atoms with Crippen LogP contribution in [0.25, 0.3) is 0 Å². The molecule has 0 saturated carbocycles. The molecular weight excluding hydrogens is 602 g/mol. The van der Waals surface area contributed by atoms with Gasteiger partial charge in [0, 0.05) is 13.2 Å². The van der Waals surface area contributed by atoms with E-state index in [1.165, 1.54) is 154 Å². The lowest BCUT2D eigenvalue weighted by Gasteiger charge is -2.24. The predicted molar refractivity (Wildman–Crippen MR) is 200 cm³/mol. The molecule has 0 amide bonds. The number of aliphatic hydroxyl groups is 1. The summed E-state index contributed by atoms with van der Waals surface area (Å²) in [5.41, 5.74) is 0. The summed E-state index contributed by atoms with van der Waals surface area (Å²) in [7, 11) is 3.67. The van der Waals surface area contributed by atoms with E-state index < -0.39 is 24.6 Å². The van der Waals surface area contributed by atoms with E-state index in [0.717, 1.165) is 25.7 Å². The minimum Gasteiger partial charge on any atom is -0.462 e. The van der Waals surface area contributed by atoms with E-state index in [2.05, 4.69) is 13.8 Å². The van der Waals surface area contributed by atoms with Crippen LogP contribution in [0, 0.1) is 0 Å². The molecule has 0 aliphatic carbocycles. The maximum Gasteiger partial charge on any atom is 0.320 e. The topological polar surface area (TPSA) is 77.5 Å². The Morgan fingerprint density at radius 3 is 1.23 bits per heavy atom. The minimum atomic E-state index is -1.07. The number of hydrogen-bond acceptors (Lipinski definition) is 7. The van der Waals surface area contributed by atoms with Crippen LogP contribution in [-0.2, 0) is 23.7 Å². The zero-order valence-corrected chi connectivity index (χ0v) is 32.4. The van der Waals surface area contributed by atoms with E-state index >= 15 is 0 Å². The van der Waals surface area contributed by atoms with Gasteiger partial charge in [0.25, 0.3) is 0 Å². The van der Waals surface area contributed by atoms with Gasteiger partial charge in [-0.1, -0.05) is 181 Å². The Kier molecular flexibility index (Phi) is 31.5. The van der Waals surface area contributed by atoms with Crippen molar-refractivity contribution in [3.05, 3.63) is 0 Å². The van der Waals surface area contributed by atoms with Crippen molar-refractivity contribution in [1.82, 2.24) is 4.90 Å². The van der Waals surface area contributed by atoms with Crippen LogP contribution in [0.1, 0.15) is 194 Å². The molecule has 1 fully saturated rings. The maximum atomic E-state index is 12.2. The molecule has 48 heavy (non-hydrogen) atoms. The SMILES string of the molecule is CCCCCCCCCCCCCCCCOC1[C@@H](COC(=O)CN(C)C)O[C@@H](O)[C@H]1OCCCCCCCCCCCCCCCC. The molecule has 0 spiro atoms. The Morgan fingerprint density at radius 2 is 0.875 bits per heavy atom. The molecule has 4 atom stereocenters. The number of nitrogens with zero attached hydrogens (tertiary/aromatic N) is 1. The highest BCUT2D eigenvalue weighted by molar-refractivity contribution is 5.71. The lowest BCUT2D eigenvalue weighted by molar-refractivity contribution is -0.161. The Morgan fingerprint density at radius 1 is 0.542 bits per heavy atom. The fourth-order valence-electron chi connectivity index (χ4n) is 6.73. The van der Waals surface area contributed by atoms with Gasteiger partial charge >= 0.3 is 5.97 Å². The number of likely N-dealkylation sites (N-methyl/N-ethyl adjacent to an activating group) is 1. The number of carbonyl (C=O) groups is 1. The molecule has 7 nitrogen and oxygen atoms in total. The predicted octanol–water partition coefficient (Wildman–Crippen LogP) is 10.5. The lowest BCUT2D eigenvalue weighted by atomic mass is 10.0. The van der Waals surface area contributed by atoms with Crippen LogP contribution in [0.4, 0.5) is 0 Å². The number of hydrogen-bond donors (Lipinski definition) is 1. The van der Waals surface area contributed by atoms with Crippen LogP contribution in [0.15, 0.2) is 0 Å². The number of ether oxygens (including phenoxy) is 4. The highest BCUT2D eigenvalue weighted by Gasteiger charge is 2.46. The van der Waals surface area contributed by atoms with Crippen LogP contribution < -0.4 is 0 Å². The summed E-state index contributed by atoms with van der Waals surface area (Å²) in [6.45, 7) is 6.00. The van der Waals surface area contributed by atoms with Gasteiger partial charge in [-0.2, -0.15) is 0 Å². The largest absolute Gasteiger partial charge is 0.462 e. The Balaban J connectivity index is 2.24. The van der Waals surface area contributed by atoms with Crippen LogP contribution in [-0.4, -0.2) is 81.0 Å². The monoisotopic (exact) mass is 684 g/mol. The standard InChI is InChI=1S/C41H81NO6/c1-5-7-9-11-13-15-17-19-21-23-25-27-29-31-33-45-39-37(36-47-38(43)35-42(3)4)48-41(44)40(39)46-34-32-30-28-26-24-22-20-18-16-14-12-10-8-6-2/h37,39-41,44H,5-36H2,1-4H3/t37-,39?,40+,41-/m1/s1. The molecule has 0 radical (unpaired) electrons. The molecule has 1 aliphatic heterocycles. The third-order valence-electron chi connectivity index (χ3n) is 9.76. The molecule has 1 saturated heterocycles. The first-order valence-electron chi connectivity index (χ1n) is 20.9. The first-order valence-corrected chi connectivity index (χ1v) is 20.9. The lowest BCUT2D eigenvalue weighted by Crippen LogP contribution is -2.40. The van der Waals surface area contributed by atoms with Gasteiger partial charge in [-0.05, 0) is 26.9 Å². The average molecular weight is 684 g/mol. The summed E-state index contributed by atoms with van der Waals surface area (Å²) in [5, 5.41) is 10.7. The number of esters is 1. The molecule has 7 heteroatoms. The molecular formula is C41H81NO6. The summed E-state index contributed by atoms with van der Waals surface area (Å²) < 4.78 is 23.7. The van der Waals surface area contributed by atoms with Crippen molar-refractivity contribution in [3.63, 3.8) is 0 Å². The molecule has 0 aromatic rings. The van der Waals surface area contributed by atoms with Crippen molar-refractivity contribution >= 4 is 5.97 Å². The van der Waals surface area contributed by atoms with Crippen molar-refractivity contribution in [3.8, 4) is 0 Å². The molecule has 1 heterocycles. The van der Waals surface area contributed by atoms with Crippen molar-refractivity contribution in [1.29, 1.82) is 0 Å². The molecule has 1 aliphatic rings. The van der Waals surface area contributed by atoms with Gasteiger partial charge < -0.3 is 24.1 Å². The van der Waals surface area contributed by atoms with Gasteiger partial charge in [-0.15, -0.1) is 0 Å². The second-order valence-electron chi connectivity index (χ2n) is 14.8. The number of rotatable bonds is 36. The first kappa shape index (κ1) is 45.3. The fourth-order valence-corrected chi connectivity index (χ4v) is 6.73. The maximum absolute atomic E-state index is 12.2. The highest BCUT2D eigenvalue weighted by atomic mass is 16.7. The van der Waals surface area contributed by atoms with E-state index in [4.69, 9.17) is 18.9 Å². The first-order chi connectivity index (χ1) is 23.5. The van der Waals surface area contributed by atoms with Gasteiger partial charge in [0.15, 0.2) is 6.29 Å². The second-order valence-corrected chi connectivity index (χ2v) is 14.8. The Labute approximate surface area is 298 Å². The molecule has 286 valence electrons. The summed E-state index contributed by atoms with van der Waals surface area (Å²) in [5.74, 6) is -0.310. The molecule has 1 unspecified atom stereocenters. The van der Waals surface area contributed by atoms with E-state index in [9.17, 15) is 9.90 Å².